The van der Waals surface area contributed by atoms with Gasteiger partial charge in [0.15, 0.2) is 0 Å². The molecule has 0 bridgehead atoms. The molecule has 6 nitrogen and oxygen atoms in total. The first-order valence-corrected chi connectivity index (χ1v) is 8.70. The van der Waals surface area contributed by atoms with Crippen molar-refractivity contribution in [1.29, 1.82) is 0 Å². The van der Waals surface area contributed by atoms with E-state index in [9.17, 15) is 14.7 Å². The molecule has 2 aromatic carbocycles. The number of imide groups is 1. The minimum atomic E-state index is -0.450. The van der Waals surface area contributed by atoms with Crippen molar-refractivity contribution in [2.75, 3.05) is 32.2 Å². The number of methoxy groups -OCH3 is 1. The van der Waals surface area contributed by atoms with Gasteiger partial charge >= 0.3 is 0 Å². The minimum absolute atomic E-state index is 0.144. The first kappa shape index (κ1) is 18.9. The number of aliphatic hydroxyl groups is 1. The molecule has 7 heteroatoms. The van der Waals surface area contributed by atoms with Crippen LogP contribution in [0.15, 0.2) is 54.2 Å². The highest BCUT2D eigenvalue weighted by molar-refractivity contribution is 6.45. The Balaban J connectivity index is 2.11. The van der Waals surface area contributed by atoms with Crippen molar-refractivity contribution in [3.05, 3.63) is 64.8 Å². The van der Waals surface area contributed by atoms with Gasteiger partial charge in [0.2, 0.25) is 0 Å². The maximum absolute atomic E-state index is 13.2. The second-order valence-corrected chi connectivity index (χ2v) is 6.46. The Kier molecular flexibility index (Phi) is 5.48. The summed E-state index contributed by atoms with van der Waals surface area (Å²) in [5, 5.41) is 9.82. The molecule has 1 aliphatic rings. The Morgan fingerprint density at radius 3 is 2.44 bits per heavy atom. The molecule has 0 fully saturated rings. The molecule has 0 atom stereocenters. The fraction of sp³-hybridized carbons (Fsp3) is 0.200. The Labute approximate surface area is 162 Å². The van der Waals surface area contributed by atoms with Gasteiger partial charge in [0.1, 0.15) is 11.4 Å². The van der Waals surface area contributed by atoms with Crippen LogP contribution in [0.2, 0.25) is 5.02 Å². The molecule has 0 saturated heterocycles. The number of halogens is 1. The van der Waals surface area contributed by atoms with Crippen LogP contribution in [0.5, 0.6) is 5.75 Å². The zero-order chi connectivity index (χ0) is 19.6. The van der Waals surface area contributed by atoms with Crippen LogP contribution in [0, 0.1) is 0 Å². The van der Waals surface area contributed by atoms with Crippen molar-refractivity contribution in [2.45, 2.75) is 0 Å². The predicted molar refractivity (Wildman–Crippen MR) is 104 cm³/mol. The lowest BCUT2D eigenvalue weighted by molar-refractivity contribution is -0.120. The summed E-state index contributed by atoms with van der Waals surface area (Å²) in [6, 6.07) is 13.5. The Hall–Kier alpha value is -2.83. The number of likely N-dealkylation sites (N-methyl/N-ethyl adjacent to an activating group) is 1. The zero-order valence-electron chi connectivity index (χ0n) is 15.0. The van der Waals surface area contributed by atoms with E-state index in [1.165, 1.54) is 7.11 Å². The molecule has 0 saturated carbocycles. The van der Waals surface area contributed by atoms with Crippen LogP contribution in [-0.4, -0.2) is 49.1 Å². The third kappa shape index (κ3) is 3.54. The van der Waals surface area contributed by atoms with Crippen LogP contribution in [0.25, 0.3) is 5.57 Å². The lowest BCUT2D eigenvalue weighted by Gasteiger charge is -2.20. The summed E-state index contributed by atoms with van der Waals surface area (Å²) < 4.78 is 5.20. The number of anilines is 1. The van der Waals surface area contributed by atoms with Crippen molar-refractivity contribution < 1.29 is 19.4 Å². The van der Waals surface area contributed by atoms with E-state index in [-0.39, 0.29) is 24.4 Å². The molecule has 2 aromatic rings. The van der Waals surface area contributed by atoms with Gasteiger partial charge in [-0.2, -0.15) is 0 Å². The largest absolute Gasteiger partial charge is 0.497 e. The average molecular weight is 387 g/mol. The van der Waals surface area contributed by atoms with Crippen LogP contribution < -0.4 is 9.64 Å². The van der Waals surface area contributed by atoms with Gasteiger partial charge in [-0.3, -0.25) is 9.59 Å². The Bertz CT molecular complexity index is 908. The van der Waals surface area contributed by atoms with E-state index in [4.69, 9.17) is 16.3 Å². The van der Waals surface area contributed by atoms with E-state index in [1.54, 1.807) is 60.5 Å². The van der Waals surface area contributed by atoms with Crippen molar-refractivity contribution >= 4 is 34.7 Å². The van der Waals surface area contributed by atoms with E-state index in [2.05, 4.69) is 0 Å². The molecule has 0 radical (unpaired) electrons. The molecule has 0 aliphatic carbocycles. The fourth-order valence-corrected chi connectivity index (χ4v) is 3.12. The molecule has 2 amide bonds. The Morgan fingerprint density at radius 1 is 1.11 bits per heavy atom. The summed E-state index contributed by atoms with van der Waals surface area (Å²) in [5.41, 5.74) is 1.51. The van der Waals surface area contributed by atoms with Crippen LogP contribution in [-0.2, 0) is 9.59 Å². The maximum Gasteiger partial charge on any atom is 0.282 e. The summed E-state index contributed by atoms with van der Waals surface area (Å²) in [4.78, 5) is 29.1. The lowest BCUT2D eigenvalue weighted by Crippen LogP contribution is -2.34. The summed E-state index contributed by atoms with van der Waals surface area (Å²) in [7, 11) is 3.19. The van der Waals surface area contributed by atoms with E-state index >= 15 is 0 Å². The van der Waals surface area contributed by atoms with E-state index in [1.807, 2.05) is 0 Å². The molecule has 1 aliphatic heterocycles. The van der Waals surface area contributed by atoms with Gasteiger partial charge < -0.3 is 14.7 Å². The van der Waals surface area contributed by atoms with E-state index in [0.717, 1.165) is 4.90 Å². The second-order valence-electron chi connectivity index (χ2n) is 6.02. The number of amides is 2. The maximum atomic E-state index is 13.2. The van der Waals surface area contributed by atoms with Crippen LogP contribution in [0.1, 0.15) is 5.56 Å². The third-order valence-corrected chi connectivity index (χ3v) is 4.57. The summed E-state index contributed by atoms with van der Waals surface area (Å²) in [6.45, 7) is 0.0753. The van der Waals surface area contributed by atoms with E-state index < -0.39 is 11.8 Å². The monoisotopic (exact) mass is 386 g/mol. The van der Waals surface area contributed by atoms with Gasteiger partial charge in [0.05, 0.1) is 25.0 Å². The number of aliphatic hydroxyl groups excluding tert-OH is 1. The highest BCUT2D eigenvalue weighted by Crippen LogP contribution is 2.35. The number of carbonyl (C=O) groups is 2. The van der Waals surface area contributed by atoms with Crippen molar-refractivity contribution in [3.8, 4) is 5.75 Å². The van der Waals surface area contributed by atoms with Gasteiger partial charge in [0.25, 0.3) is 11.8 Å². The number of nitrogens with zero attached hydrogens (tertiary/aromatic N) is 2. The molecule has 0 unspecified atom stereocenters. The summed E-state index contributed by atoms with van der Waals surface area (Å²) in [5.74, 6) is -0.345. The summed E-state index contributed by atoms with van der Waals surface area (Å²) in [6.07, 6.45) is 0. The van der Waals surface area contributed by atoms with Gasteiger partial charge in [-0.15, -0.1) is 0 Å². The minimum Gasteiger partial charge on any atom is -0.497 e. The number of carbonyl (C=O) groups excluding carboxylic acids is 2. The highest BCUT2D eigenvalue weighted by Gasteiger charge is 2.41. The molecule has 27 heavy (non-hydrogen) atoms. The Morgan fingerprint density at radius 2 is 1.81 bits per heavy atom. The normalized spacial score (nSPS) is 14.1. The molecule has 1 heterocycles. The first-order chi connectivity index (χ1) is 13.0. The molecule has 140 valence electrons. The van der Waals surface area contributed by atoms with E-state index in [0.29, 0.717) is 22.0 Å². The van der Waals surface area contributed by atoms with Gasteiger partial charge in [-0.1, -0.05) is 29.8 Å². The second kappa shape index (κ2) is 7.82. The highest BCUT2D eigenvalue weighted by atomic mass is 35.5. The predicted octanol–water partition coefficient (Wildman–Crippen LogP) is 2.56. The zero-order valence-corrected chi connectivity index (χ0v) is 15.7. The lowest BCUT2D eigenvalue weighted by atomic mass is 10.0. The fourth-order valence-electron chi connectivity index (χ4n) is 2.99. The number of benzene rings is 2. The average Bonchev–Trinajstić information content (AvgIpc) is 2.93. The van der Waals surface area contributed by atoms with Crippen molar-refractivity contribution in [3.63, 3.8) is 0 Å². The van der Waals surface area contributed by atoms with Crippen molar-refractivity contribution in [2.24, 2.45) is 0 Å². The molecular formula is C20H19ClN2O4. The molecule has 0 spiro atoms. The number of hydrogen-bond donors (Lipinski definition) is 1. The van der Waals surface area contributed by atoms with Crippen LogP contribution >= 0.6 is 11.6 Å². The molecular weight excluding hydrogens is 368 g/mol. The third-order valence-electron chi connectivity index (χ3n) is 4.32. The van der Waals surface area contributed by atoms with Crippen LogP contribution in [0.3, 0.4) is 0 Å². The number of rotatable bonds is 6. The standard InChI is InChI=1S/C20H19ClN2O4/c1-22(10-11-24)18-17(13-6-8-14(21)9-7-13)19(25)23(20(18)26)15-4-3-5-16(12-15)27-2/h3-9,12,24H,10-11H2,1-2H3. The van der Waals surface area contributed by atoms with Crippen molar-refractivity contribution in [1.82, 2.24) is 4.90 Å². The molecule has 3 rings (SSSR count). The molecule has 1 N–H and O–H groups in total. The topological polar surface area (TPSA) is 70.1 Å². The molecule has 0 aromatic heterocycles. The van der Waals surface area contributed by atoms with Crippen LogP contribution in [0.4, 0.5) is 5.69 Å². The summed E-state index contributed by atoms with van der Waals surface area (Å²) >= 11 is 5.95. The quantitative estimate of drug-likeness (QED) is 0.773. The number of ether oxygens (including phenoxy) is 1. The van der Waals surface area contributed by atoms with Gasteiger partial charge in [-0.25, -0.2) is 4.90 Å². The van der Waals surface area contributed by atoms with Gasteiger partial charge in [-0.05, 0) is 29.8 Å². The number of hydrogen-bond acceptors (Lipinski definition) is 5. The first-order valence-electron chi connectivity index (χ1n) is 8.33. The smallest absolute Gasteiger partial charge is 0.282 e. The van der Waals surface area contributed by atoms with Gasteiger partial charge in [0, 0.05) is 24.7 Å². The SMILES string of the molecule is COc1cccc(N2C(=O)C(c3ccc(Cl)cc3)=C(N(C)CCO)C2=O)c1.